The van der Waals surface area contributed by atoms with Crippen LogP contribution >= 0.6 is 38.9 Å². The molecule has 128 valence electrons. The van der Waals surface area contributed by atoms with E-state index < -0.39 is 5.82 Å². The van der Waals surface area contributed by atoms with E-state index in [2.05, 4.69) is 26.2 Å². The van der Waals surface area contributed by atoms with Crippen LogP contribution in [0.3, 0.4) is 0 Å². The molecule has 1 saturated carbocycles. The first-order chi connectivity index (χ1) is 11.6. The summed E-state index contributed by atoms with van der Waals surface area (Å²) in [6.07, 6.45) is 3.46. The monoisotopic (exact) mass is 432 g/mol. The number of carbonyl (C=O) groups excluding carboxylic acids is 1. The van der Waals surface area contributed by atoms with Crippen molar-refractivity contribution in [1.82, 2.24) is 4.98 Å². The van der Waals surface area contributed by atoms with Gasteiger partial charge in [0.05, 0.1) is 22.7 Å². The maximum Gasteiger partial charge on any atom is 0.236 e. The topological polar surface area (TPSA) is 51.2 Å². The number of hydrogen-bond acceptors (Lipinski definition) is 4. The van der Waals surface area contributed by atoms with Gasteiger partial charge < -0.3 is 10.1 Å². The number of rotatable bonds is 6. The highest BCUT2D eigenvalue weighted by Gasteiger charge is 2.20. The van der Waals surface area contributed by atoms with Gasteiger partial charge in [-0.2, -0.15) is 0 Å². The highest BCUT2D eigenvalue weighted by molar-refractivity contribution is 9.09. The fourth-order valence-electron chi connectivity index (χ4n) is 2.32. The molecule has 1 aromatic carbocycles. The number of nitrogens with one attached hydrogen (secondary N) is 1. The summed E-state index contributed by atoms with van der Waals surface area (Å²) in [5, 5.41) is 5.25. The number of ether oxygens (including phenoxy) is 1. The molecule has 0 radical (unpaired) electrons. The van der Waals surface area contributed by atoms with E-state index in [9.17, 15) is 9.18 Å². The first kappa shape index (κ1) is 17.6. The van der Waals surface area contributed by atoms with Crippen LogP contribution in [0.2, 0.25) is 5.02 Å². The molecule has 8 heteroatoms. The molecule has 0 unspecified atom stereocenters. The maximum atomic E-state index is 14.3. The van der Waals surface area contributed by atoms with Crippen LogP contribution in [-0.4, -0.2) is 22.8 Å². The number of halogens is 3. The summed E-state index contributed by atoms with van der Waals surface area (Å²) in [4.78, 5) is 15.6. The number of hydrogen-bond donors (Lipinski definition) is 1. The molecule has 1 aromatic heterocycles. The number of benzene rings is 1. The predicted octanol–water partition coefficient (Wildman–Crippen LogP) is 5.11. The fourth-order valence-corrected chi connectivity index (χ4v) is 3.46. The highest BCUT2D eigenvalue weighted by Crippen LogP contribution is 2.36. The Bertz CT molecular complexity index is 728. The van der Waals surface area contributed by atoms with E-state index in [1.165, 1.54) is 23.8 Å². The van der Waals surface area contributed by atoms with Gasteiger partial charge in [0.25, 0.3) is 0 Å². The summed E-state index contributed by atoms with van der Waals surface area (Å²) in [5.74, 6) is -0.106. The summed E-state index contributed by atoms with van der Waals surface area (Å²) in [5.41, 5.74) is 1.10. The standard InChI is InChI=1S/C16H15BrClFN2O2S/c17-6-14(22)21-16-20-13(8-24-16)10-4-11(18)15(12(19)5-10)23-7-9-2-1-3-9/h4-5,8-9H,1-3,6-7H2,(H,20,21,22). The Labute approximate surface area is 156 Å². The number of carbonyl (C=O) groups is 1. The van der Waals surface area contributed by atoms with Gasteiger partial charge in [0, 0.05) is 10.9 Å². The van der Waals surface area contributed by atoms with E-state index >= 15 is 0 Å². The van der Waals surface area contributed by atoms with Gasteiger partial charge in [0.15, 0.2) is 16.7 Å². The number of alkyl halides is 1. The average Bonchev–Trinajstić information content (AvgIpc) is 2.96. The van der Waals surface area contributed by atoms with Gasteiger partial charge in [-0.05, 0) is 30.9 Å². The zero-order chi connectivity index (χ0) is 17.1. The van der Waals surface area contributed by atoms with Crippen LogP contribution in [0.4, 0.5) is 9.52 Å². The summed E-state index contributed by atoms with van der Waals surface area (Å²) in [6.45, 7) is 0.495. The molecule has 1 fully saturated rings. The van der Waals surface area contributed by atoms with E-state index in [1.807, 2.05) is 0 Å². The molecule has 0 aliphatic heterocycles. The summed E-state index contributed by atoms with van der Waals surface area (Å²) < 4.78 is 19.9. The third-order valence-corrected chi connectivity index (χ3v) is 5.40. The SMILES string of the molecule is O=C(CBr)Nc1nc(-c2cc(F)c(OCC3CCC3)c(Cl)c2)cs1. The van der Waals surface area contributed by atoms with Gasteiger partial charge >= 0.3 is 0 Å². The van der Waals surface area contributed by atoms with Crippen molar-refractivity contribution in [2.24, 2.45) is 5.92 Å². The first-order valence-electron chi connectivity index (χ1n) is 7.50. The molecule has 2 aromatic rings. The van der Waals surface area contributed by atoms with Gasteiger partial charge in [-0.15, -0.1) is 11.3 Å². The van der Waals surface area contributed by atoms with Gasteiger partial charge in [-0.3, -0.25) is 4.79 Å². The molecule has 1 aliphatic carbocycles. The Morgan fingerprint density at radius 1 is 1.50 bits per heavy atom. The second-order valence-electron chi connectivity index (χ2n) is 5.60. The highest BCUT2D eigenvalue weighted by atomic mass is 79.9. The van der Waals surface area contributed by atoms with Crippen molar-refractivity contribution in [3.8, 4) is 17.0 Å². The largest absolute Gasteiger partial charge is 0.489 e. The normalized spacial score (nSPS) is 14.3. The summed E-state index contributed by atoms with van der Waals surface area (Å²) in [7, 11) is 0. The smallest absolute Gasteiger partial charge is 0.236 e. The minimum atomic E-state index is -0.504. The molecule has 1 amide bonds. The van der Waals surface area contributed by atoms with Crippen LogP contribution in [0.25, 0.3) is 11.3 Å². The maximum absolute atomic E-state index is 14.3. The molecule has 0 saturated heterocycles. The van der Waals surface area contributed by atoms with Gasteiger partial charge in [-0.25, -0.2) is 9.37 Å². The number of anilines is 1. The van der Waals surface area contributed by atoms with Crippen molar-refractivity contribution < 1.29 is 13.9 Å². The van der Waals surface area contributed by atoms with Crippen LogP contribution in [0.1, 0.15) is 19.3 Å². The fraction of sp³-hybridized carbons (Fsp3) is 0.375. The molecule has 1 aliphatic rings. The van der Waals surface area contributed by atoms with Crippen molar-refractivity contribution in [2.45, 2.75) is 19.3 Å². The van der Waals surface area contributed by atoms with Crippen molar-refractivity contribution in [1.29, 1.82) is 0 Å². The lowest BCUT2D eigenvalue weighted by atomic mass is 9.86. The van der Waals surface area contributed by atoms with E-state index in [0.29, 0.717) is 28.9 Å². The van der Waals surface area contributed by atoms with Crippen LogP contribution in [0.5, 0.6) is 5.75 Å². The zero-order valence-electron chi connectivity index (χ0n) is 12.7. The quantitative estimate of drug-likeness (QED) is 0.644. The minimum Gasteiger partial charge on any atom is -0.489 e. The van der Waals surface area contributed by atoms with Crippen molar-refractivity contribution >= 4 is 49.9 Å². The Hall–Kier alpha value is -1.18. The van der Waals surface area contributed by atoms with Gasteiger partial charge in [0.1, 0.15) is 0 Å². The second kappa shape index (κ2) is 7.80. The van der Waals surface area contributed by atoms with Crippen molar-refractivity contribution in [2.75, 3.05) is 17.3 Å². The lowest BCUT2D eigenvalue weighted by molar-refractivity contribution is -0.113. The third kappa shape index (κ3) is 4.07. The molecule has 1 heterocycles. The van der Waals surface area contributed by atoms with Crippen LogP contribution in [-0.2, 0) is 4.79 Å². The predicted molar refractivity (Wildman–Crippen MR) is 97.8 cm³/mol. The van der Waals surface area contributed by atoms with Crippen LogP contribution < -0.4 is 10.1 Å². The Balaban J connectivity index is 1.75. The lowest BCUT2D eigenvalue weighted by Gasteiger charge is -2.25. The number of nitrogens with zero attached hydrogens (tertiary/aromatic N) is 1. The van der Waals surface area contributed by atoms with E-state index in [1.54, 1.807) is 11.4 Å². The van der Waals surface area contributed by atoms with Crippen molar-refractivity contribution in [3.63, 3.8) is 0 Å². The summed E-state index contributed by atoms with van der Waals surface area (Å²) >= 11 is 10.5. The lowest BCUT2D eigenvalue weighted by Crippen LogP contribution is -2.19. The van der Waals surface area contributed by atoms with E-state index in [-0.39, 0.29) is 22.0 Å². The minimum absolute atomic E-state index is 0.0929. The summed E-state index contributed by atoms with van der Waals surface area (Å²) in [6, 6.07) is 2.99. The van der Waals surface area contributed by atoms with Gasteiger partial charge in [-0.1, -0.05) is 34.0 Å². The molecule has 4 nitrogen and oxygen atoms in total. The molecule has 24 heavy (non-hydrogen) atoms. The first-order valence-corrected chi connectivity index (χ1v) is 9.88. The number of amides is 1. The van der Waals surface area contributed by atoms with Gasteiger partial charge in [0.2, 0.25) is 5.91 Å². The Kier molecular flexibility index (Phi) is 5.73. The molecule has 0 spiro atoms. The molecule has 0 bridgehead atoms. The average molecular weight is 434 g/mol. The zero-order valence-corrected chi connectivity index (χ0v) is 15.8. The van der Waals surface area contributed by atoms with E-state index in [0.717, 1.165) is 12.8 Å². The third-order valence-electron chi connectivity index (χ3n) is 3.85. The molecular weight excluding hydrogens is 419 g/mol. The Morgan fingerprint density at radius 3 is 2.92 bits per heavy atom. The second-order valence-corrected chi connectivity index (χ2v) is 7.42. The van der Waals surface area contributed by atoms with Crippen molar-refractivity contribution in [3.05, 3.63) is 28.4 Å². The Morgan fingerprint density at radius 2 is 2.29 bits per heavy atom. The molecule has 3 rings (SSSR count). The molecule has 1 N–H and O–H groups in total. The van der Waals surface area contributed by atoms with Crippen LogP contribution in [0.15, 0.2) is 17.5 Å². The number of aromatic nitrogens is 1. The molecular formula is C16H15BrClFN2O2S. The van der Waals surface area contributed by atoms with Crippen LogP contribution in [0, 0.1) is 11.7 Å². The van der Waals surface area contributed by atoms with E-state index in [4.69, 9.17) is 16.3 Å². The molecule has 0 atom stereocenters. The number of thiazole rings is 1.